The van der Waals surface area contributed by atoms with Crippen molar-refractivity contribution in [3.05, 3.63) is 24.3 Å². The molecule has 1 aliphatic heterocycles. The summed E-state index contributed by atoms with van der Waals surface area (Å²) < 4.78 is 22.7. The van der Waals surface area contributed by atoms with E-state index in [9.17, 15) is 9.59 Å². The number of esters is 2. The molecule has 0 spiro atoms. The molecule has 7 nitrogen and oxygen atoms in total. The molecule has 0 aliphatic carbocycles. The van der Waals surface area contributed by atoms with Crippen LogP contribution in [0.4, 0.5) is 0 Å². The van der Waals surface area contributed by atoms with Crippen molar-refractivity contribution in [2.75, 3.05) is 46.1 Å². The van der Waals surface area contributed by atoms with Crippen LogP contribution in [0.5, 0.6) is 0 Å². The van der Waals surface area contributed by atoms with Crippen molar-refractivity contribution in [3.8, 4) is 0 Å². The monoisotopic (exact) mass is 551 g/mol. The van der Waals surface area contributed by atoms with Gasteiger partial charge in [0.1, 0.15) is 0 Å². The zero-order valence-corrected chi connectivity index (χ0v) is 25.2. The van der Waals surface area contributed by atoms with Gasteiger partial charge in [0.2, 0.25) is 0 Å². The molecule has 226 valence electrons. The van der Waals surface area contributed by atoms with Crippen LogP contribution in [-0.2, 0) is 28.5 Å². The molecule has 1 aliphatic rings. The van der Waals surface area contributed by atoms with E-state index < -0.39 is 6.29 Å². The highest BCUT2D eigenvalue weighted by atomic mass is 16.7. The van der Waals surface area contributed by atoms with Crippen molar-refractivity contribution >= 4 is 11.9 Å². The quantitative estimate of drug-likeness (QED) is 0.0523. The van der Waals surface area contributed by atoms with Gasteiger partial charge in [-0.2, -0.15) is 0 Å². The molecular formula is C32H57NO6. The molecule has 0 aromatic rings. The molecule has 7 heteroatoms. The predicted molar refractivity (Wildman–Crippen MR) is 157 cm³/mol. The molecule has 1 fully saturated rings. The second-order valence-electron chi connectivity index (χ2n) is 10.6. The van der Waals surface area contributed by atoms with Crippen LogP contribution in [-0.4, -0.2) is 69.2 Å². The summed E-state index contributed by atoms with van der Waals surface area (Å²) in [4.78, 5) is 26.7. The number of carbonyl (C=O) groups excluding carboxylic acids is 2. The van der Waals surface area contributed by atoms with Crippen molar-refractivity contribution in [1.29, 1.82) is 0 Å². The standard InChI is InChI=1S/C32H57NO6/c1-4-6-8-10-12-16-25-36-32(37-26-17-13-11-9-7-5-2)21-20-31(35)39-28-29(3)27-38-30(34)19-18-24-33-22-14-15-23-33/h6-9,29,32H,4-5,10-28H2,1-3H3/b8-6-,9-7-. The van der Waals surface area contributed by atoms with Gasteiger partial charge < -0.3 is 23.8 Å². The Hall–Kier alpha value is -1.70. The van der Waals surface area contributed by atoms with E-state index in [4.69, 9.17) is 18.9 Å². The van der Waals surface area contributed by atoms with E-state index in [0.29, 0.717) is 26.1 Å². The minimum Gasteiger partial charge on any atom is -0.465 e. The van der Waals surface area contributed by atoms with Crippen LogP contribution in [0.15, 0.2) is 24.3 Å². The SMILES string of the molecule is CC/C=C\CCCCOC(CCC(=O)OCC(C)COC(=O)CCCN1CCCC1)OCCCC/C=C\CC. The molecular weight excluding hydrogens is 494 g/mol. The van der Waals surface area contributed by atoms with Crippen LogP contribution >= 0.6 is 0 Å². The summed E-state index contributed by atoms with van der Waals surface area (Å²) in [5, 5.41) is 0. The zero-order valence-electron chi connectivity index (χ0n) is 25.2. The summed E-state index contributed by atoms with van der Waals surface area (Å²) in [6.07, 6.45) is 21.3. The molecule has 39 heavy (non-hydrogen) atoms. The van der Waals surface area contributed by atoms with Crippen LogP contribution < -0.4 is 0 Å². The lowest BCUT2D eigenvalue weighted by atomic mass is 10.2. The van der Waals surface area contributed by atoms with Crippen LogP contribution in [0, 0.1) is 5.92 Å². The summed E-state index contributed by atoms with van der Waals surface area (Å²) in [7, 11) is 0. The normalized spacial score (nSPS) is 15.1. The van der Waals surface area contributed by atoms with Crippen molar-refractivity contribution in [3.63, 3.8) is 0 Å². The summed E-state index contributed by atoms with van der Waals surface area (Å²) >= 11 is 0. The highest BCUT2D eigenvalue weighted by Crippen LogP contribution is 2.11. The number of unbranched alkanes of at least 4 members (excludes halogenated alkanes) is 4. The smallest absolute Gasteiger partial charge is 0.305 e. The van der Waals surface area contributed by atoms with Gasteiger partial charge in [-0.05, 0) is 90.3 Å². The third kappa shape index (κ3) is 21.8. The third-order valence-corrected chi connectivity index (χ3v) is 6.64. The van der Waals surface area contributed by atoms with E-state index in [2.05, 4.69) is 43.1 Å². The highest BCUT2D eigenvalue weighted by Gasteiger charge is 2.16. The second-order valence-corrected chi connectivity index (χ2v) is 10.6. The molecule has 0 aromatic carbocycles. The van der Waals surface area contributed by atoms with Crippen LogP contribution in [0.3, 0.4) is 0 Å². The van der Waals surface area contributed by atoms with Gasteiger partial charge in [-0.25, -0.2) is 0 Å². The summed E-state index contributed by atoms with van der Waals surface area (Å²) in [5.41, 5.74) is 0. The Balaban J connectivity index is 2.22. The Labute approximate surface area is 238 Å². The van der Waals surface area contributed by atoms with E-state index in [0.717, 1.165) is 77.4 Å². The topological polar surface area (TPSA) is 74.3 Å². The first-order valence-electron chi connectivity index (χ1n) is 15.6. The number of likely N-dealkylation sites (tertiary alicyclic amines) is 1. The van der Waals surface area contributed by atoms with E-state index in [1.807, 2.05) is 6.92 Å². The largest absolute Gasteiger partial charge is 0.465 e. The molecule has 1 rings (SSSR count). The fourth-order valence-electron chi connectivity index (χ4n) is 4.29. The lowest BCUT2D eigenvalue weighted by Crippen LogP contribution is -2.23. The van der Waals surface area contributed by atoms with Gasteiger partial charge in [-0.3, -0.25) is 9.59 Å². The molecule has 1 atom stereocenters. The van der Waals surface area contributed by atoms with Gasteiger partial charge in [-0.1, -0.05) is 45.1 Å². The fourth-order valence-corrected chi connectivity index (χ4v) is 4.29. The van der Waals surface area contributed by atoms with Crippen LogP contribution in [0.1, 0.15) is 111 Å². The Morgan fingerprint density at radius 2 is 1.28 bits per heavy atom. The minimum atomic E-state index is -0.395. The maximum absolute atomic E-state index is 12.3. The minimum absolute atomic E-state index is 0.0386. The van der Waals surface area contributed by atoms with E-state index >= 15 is 0 Å². The zero-order chi connectivity index (χ0) is 28.4. The van der Waals surface area contributed by atoms with Crippen molar-refractivity contribution in [2.24, 2.45) is 5.92 Å². The third-order valence-electron chi connectivity index (χ3n) is 6.64. The van der Waals surface area contributed by atoms with E-state index in [1.54, 1.807) is 0 Å². The van der Waals surface area contributed by atoms with Crippen LogP contribution in [0.25, 0.3) is 0 Å². The lowest BCUT2D eigenvalue weighted by Gasteiger charge is -2.19. The summed E-state index contributed by atoms with van der Waals surface area (Å²) in [5.74, 6) is -0.485. The van der Waals surface area contributed by atoms with E-state index in [1.165, 1.54) is 12.8 Å². The number of hydrogen-bond acceptors (Lipinski definition) is 7. The first kappa shape index (κ1) is 35.3. The van der Waals surface area contributed by atoms with Crippen LogP contribution in [0.2, 0.25) is 0 Å². The molecule has 0 amide bonds. The van der Waals surface area contributed by atoms with Gasteiger partial charge in [0.05, 0.1) is 19.6 Å². The van der Waals surface area contributed by atoms with Crippen molar-refractivity contribution in [1.82, 2.24) is 4.90 Å². The number of nitrogens with zero attached hydrogens (tertiary/aromatic N) is 1. The average Bonchev–Trinajstić information content (AvgIpc) is 3.45. The van der Waals surface area contributed by atoms with Gasteiger partial charge >= 0.3 is 11.9 Å². The molecule has 1 saturated heterocycles. The Morgan fingerprint density at radius 1 is 0.744 bits per heavy atom. The second kappa shape index (κ2) is 25.3. The molecule has 1 heterocycles. The maximum atomic E-state index is 12.3. The molecule has 0 bridgehead atoms. The van der Waals surface area contributed by atoms with Gasteiger partial charge in [-0.15, -0.1) is 0 Å². The Kier molecular flexibility index (Phi) is 22.9. The van der Waals surface area contributed by atoms with Gasteiger partial charge in [0.25, 0.3) is 0 Å². The predicted octanol–water partition coefficient (Wildman–Crippen LogP) is 7.00. The van der Waals surface area contributed by atoms with E-state index in [-0.39, 0.29) is 37.5 Å². The molecule has 0 N–H and O–H groups in total. The number of hydrogen-bond donors (Lipinski definition) is 0. The summed E-state index contributed by atoms with van der Waals surface area (Å²) in [6.45, 7) is 11.2. The molecule has 1 unspecified atom stereocenters. The average molecular weight is 552 g/mol. The maximum Gasteiger partial charge on any atom is 0.305 e. The van der Waals surface area contributed by atoms with Gasteiger partial charge in [0.15, 0.2) is 6.29 Å². The first-order chi connectivity index (χ1) is 19.0. The van der Waals surface area contributed by atoms with Crippen molar-refractivity contribution in [2.45, 2.75) is 117 Å². The Morgan fingerprint density at radius 3 is 1.82 bits per heavy atom. The molecule has 0 radical (unpaired) electrons. The number of allylic oxidation sites excluding steroid dienone is 4. The van der Waals surface area contributed by atoms with Gasteiger partial charge in [0, 0.05) is 32.0 Å². The molecule has 0 saturated carbocycles. The first-order valence-corrected chi connectivity index (χ1v) is 15.6. The number of rotatable bonds is 25. The van der Waals surface area contributed by atoms with Crippen molar-refractivity contribution < 1.29 is 28.5 Å². The fraction of sp³-hybridized carbons (Fsp3) is 0.812. The Bertz CT molecular complexity index is 635. The highest BCUT2D eigenvalue weighted by molar-refractivity contribution is 5.69. The summed E-state index contributed by atoms with van der Waals surface area (Å²) in [6, 6.07) is 0. The lowest BCUT2D eigenvalue weighted by molar-refractivity contribution is -0.160. The number of carbonyl (C=O) groups is 2. The molecule has 0 aromatic heterocycles. The number of ether oxygens (including phenoxy) is 4.